The molecule has 0 amide bonds. The van der Waals surface area contributed by atoms with Gasteiger partial charge in [0.2, 0.25) is 0 Å². The van der Waals surface area contributed by atoms with E-state index in [9.17, 15) is 4.39 Å². The Balaban J connectivity index is 2.65. The second-order valence-corrected chi connectivity index (χ2v) is 4.07. The van der Waals surface area contributed by atoms with Gasteiger partial charge in [-0.15, -0.1) is 0 Å². The lowest BCUT2D eigenvalue weighted by Crippen LogP contribution is -2.34. The summed E-state index contributed by atoms with van der Waals surface area (Å²) in [5.41, 5.74) is 1.01. The predicted molar refractivity (Wildman–Crippen MR) is 64.5 cm³/mol. The van der Waals surface area contributed by atoms with Crippen LogP contribution in [0.5, 0.6) is 0 Å². The summed E-state index contributed by atoms with van der Waals surface area (Å²) in [4.78, 5) is 0. The van der Waals surface area contributed by atoms with Crippen LogP contribution >= 0.6 is 11.6 Å². The third kappa shape index (κ3) is 4.08. The molecule has 1 atom stereocenters. The molecule has 4 heteroatoms. The van der Waals surface area contributed by atoms with Crippen LogP contribution in [0.2, 0.25) is 5.02 Å². The Morgan fingerprint density at radius 2 is 2.25 bits per heavy atom. The van der Waals surface area contributed by atoms with E-state index in [1.807, 2.05) is 6.92 Å². The van der Waals surface area contributed by atoms with Crippen LogP contribution in [0, 0.1) is 5.82 Å². The number of likely N-dealkylation sites (N-methyl/N-ethyl adjacent to an activating group) is 1. The van der Waals surface area contributed by atoms with Crippen molar-refractivity contribution < 1.29 is 9.13 Å². The van der Waals surface area contributed by atoms with E-state index < -0.39 is 0 Å². The molecule has 0 fully saturated rings. The molecular weight excluding hydrogens is 229 g/mol. The van der Waals surface area contributed by atoms with Gasteiger partial charge in [0, 0.05) is 13.2 Å². The van der Waals surface area contributed by atoms with Crippen molar-refractivity contribution in [1.82, 2.24) is 5.32 Å². The van der Waals surface area contributed by atoms with Crippen molar-refractivity contribution in [1.29, 1.82) is 0 Å². The molecule has 0 aromatic heterocycles. The van der Waals surface area contributed by atoms with Gasteiger partial charge in [-0.25, -0.2) is 4.39 Å². The van der Waals surface area contributed by atoms with Crippen molar-refractivity contribution in [3.05, 3.63) is 34.6 Å². The first-order valence-electron chi connectivity index (χ1n) is 5.33. The summed E-state index contributed by atoms with van der Waals surface area (Å²) in [6.07, 6.45) is 0.779. The summed E-state index contributed by atoms with van der Waals surface area (Å²) < 4.78 is 18.1. The molecule has 0 spiro atoms. The van der Waals surface area contributed by atoms with Crippen LogP contribution in [-0.2, 0) is 11.2 Å². The minimum atomic E-state index is -0.378. The number of rotatable bonds is 6. The van der Waals surface area contributed by atoms with Crippen LogP contribution in [0.4, 0.5) is 4.39 Å². The summed E-state index contributed by atoms with van der Waals surface area (Å²) in [6, 6.07) is 5.04. The quantitative estimate of drug-likeness (QED) is 0.832. The molecule has 1 unspecified atom stereocenters. The number of hydrogen-bond donors (Lipinski definition) is 1. The van der Waals surface area contributed by atoms with E-state index in [0.29, 0.717) is 6.61 Å². The van der Waals surface area contributed by atoms with Gasteiger partial charge in [-0.1, -0.05) is 24.6 Å². The van der Waals surface area contributed by atoms with Crippen LogP contribution in [-0.4, -0.2) is 26.3 Å². The maximum atomic E-state index is 13.0. The van der Waals surface area contributed by atoms with Crippen molar-refractivity contribution in [2.24, 2.45) is 0 Å². The van der Waals surface area contributed by atoms with Gasteiger partial charge in [0.15, 0.2) is 0 Å². The van der Waals surface area contributed by atoms with E-state index >= 15 is 0 Å². The topological polar surface area (TPSA) is 21.3 Å². The lowest BCUT2D eigenvalue weighted by atomic mass is 10.1. The van der Waals surface area contributed by atoms with Gasteiger partial charge in [-0.05, 0) is 30.7 Å². The molecule has 0 aliphatic rings. The smallest absolute Gasteiger partial charge is 0.141 e. The minimum absolute atomic E-state index is 0.171. The normalized spacial score (nSPS) is 12.8. The summed E-state index contributed by atoms with van der Waals surface area (Å²) in [6.45, 7) is 3.55. The van der Waals surface area contributed by atoms with E-state index in [1.54, 1.807) is 19.2 Å². The minimum Gasteiger partial charge on any atom is -0.383 e. The summed E-state index contributed by atoms with van der Waals surface area (Å²) in [7, 11) is 1.67. The first-order chi connectivity index (χ1) is 7.67. The third-order valence-corrected chi connectivity index (χ3v) is 2.62. The highest BCUT2D eigenvalue weighted by molar-refractivity contribution is 6.30. The fraction of sp³-hybridized carbons (Fsp3) is 0.500. The average molecular weight is 246 g/mol. The molecule has 0 saturated heterocycles. The average Bonchev–Trinajstić information content (AvgIpc) is 2.24. The highest BCUT2D eigenvalue weighted by Gasteiger charge is 2.09. The van der Waals surface area contributed by atoms with Gasteiger partial charge >= 0.3 is 0 Å². The van der Waals surface area contributed by atoms with Gasteiger partial charge in [-0.3, -0.25) is 0 Å². The first kappa shape index (κ1) is 13.4. The fourth-order valence-corrected chi connectivity index (χ4v) is 1.83. The van der Waals surface area contributed by atoms with E-state index in [0.717, 1.165) is 18.5 Å². The third-order valence-electron chi connectivity index (χ3n) is 2.33. The predicted octanol–water partition coefficient (Wildman–Crippen LogP) is 2.65. The molecule has 90 valence electrons. The monoisotopic (exact) mass is 245 g/mol. The van der Waals surface area contributed by atoms with Crippen LogP contribution in [0.3, 0.4) is 0 Å². The lowest BCUT2D eigenvalue weighted by molar-refractivity contribution is 0.167. The number of nitrogens with one attached hydrogen (secondary N) is 1. The van der Waals surface area contributed by atoms with Gasteiger partial charge in [0.1, 0.15) is 5.82 Å². The molecule has 1 aromatic carbocycles. The molecule has 0 heterocycles. The second kappa shape index (κ2) is 6.84. The SMILES string of the molecule is CCNC(COC)Cc1ccc(F)c(Cl)c1. The molecule has 1 N–H and O–H groups in total. The Morgan fingerprint density at radius 1 is 1.50 bits per heavy atom. The summed E-state index contributed by atoms with van der Waals surface area (Å²) in [5.74, 6) is -0.378. The summed E-state index contributed by atoms with van der Waals surface area (Å²) >= 11 is 5.72. The molecule has 0 saturated carbocycles. The van der Waals surface area contributed by atoms with E-state index in [1.165, 1.54) is 6.07 Å². The Kier molecular flexibility index (Phi) is 5.74. The molecule has 2 nitrogen and oxygen atoms in total. The van der Waals surface area contributed by atoms with E-state index in [4.69, 9.17) is 16.3 Å². The number of halogens is 2. The zero-order valence-corrected chi connectivity index (χ0v) is 10.4. The highest BCUT2D eigenvalue weighted by atomic mass is 35.5. The Hall–Kier alpha value is -0.640. The van der Waals surface area contributed by atoms with E-state index in [2.05, 4.69) is 5.32 Å². The molecule has 1 rings (SSSR count). The largest absolute Gasteiger partial charge is 0.383 e. The molecule has 16 heavy (non-hydrogen) atoms. The lowest BCUT2D eigenvalue weighted by Gasteiger charge is -2.17. The Labute approximate surface area is 101 Å². The number of benzene rings is 1. The maximum Gasteiger partial charge on any atom is 0.141 e. The molecule has 1 aromatic rings. The number of methoxy groups -OCH3 is 1. The molecule has 0 aliphatic heterocycles. The Morgan fingerprint density at radius 3 is 2.81 bits per heavy atom. The van der Waals surface area contributed by atoms with Crippen molar-refractivity contribution in [3.63, 3.8) is 0 Å². The molecule has 0 radical (unpaired) electrons. The van der Waals surface area contributed by atoms with Crippen molar-refractivity contribution in [2.75, 3.05) is 20.3 Å². The van der Waals surface area contributed by atoms with Crippen molar-refractivity contribution in [2.45, 2.75) is 19.4 Å². The van der Waals surface area contributed by atoms with Gasteiger partial charge in [0.05, 0.1) is 11.6 Å². The zero-order chi connectivity index (χ0) is 12.0. The van der Waals surface area contributed by atoms with Crippen LogP contribution in [0.25, 0.3) is 0 Å². The van der Waals surface area contributed by atoms with Crippen LogP contribution in [0.1, 0.15) is 12.5 Å². The zero-order valence-electron chi connectivity index (χ0n) is 9.59. The maximum absolute atomic E-state index is 13.0. The van der Waals surface area contributed by atoms with Crippen molar-refractivity contribution >= 4 is 11.6 Å². The second-order valence-electron chi connectivity index (χ2n) is 3.66. The van der Waals surface area contributed by atoms with Crippen LogP contribution in [0.15, 0.2) is 18.2 Å². The highest BCUT2D eigenvalue weighted by Crippen LogP contribution is 2.17. The first-order valence-corrected chi connectivity index (χ1v) is 5.71. The molecular formula is C12H17ClFNO. The van der Waals surface area contributed by atoms with Crippen molar-refractivity contribution in [3.8, 4) is 0 Å². The van der Waals surface area contributed by atoms with Crippen LogP contribution < -0.4 is 5.32 Å². The Bertz CT molecular complexity index is 327. The molecule has 0 aliphatic carbocycles. The standard InChI is InChI=1S/C12H17ClFNO/c1-3-15-10(8-16-2)6-9-4-5-12(14)11(13)7-9/h4-5,7,10,15H,3,6,8H2,1-2H3. The number of ether oxygens (including phenoxy) is 1. The van der Waals surface area contributed by atoms with Gasteiger partial charge in [-0.2, -0.15) is 0 Å². The number of hydrogen-bond acceptors (Lipinski definition) is 2. The molecule has 0 bridgehead atoms. The van der Waals surface area contributed by atoms with E-state index in [-0.39, 0.29) is 16.9 Å². The van der Waals surface area contributed by atoms with Gasteiger partial charge in [0.25, 0.3) is 0 Å². The fourth-order valence-electron chi connectivity index (χ4n) is 1.63. The summed E-state index contributed by atoms with van der Waals surface area (Å²) in [5, 5.41) is 3.48. The van der Waals surface area contributed by atoms with Gasteiger partial charge < -0.3 is 10.1 Å².